The highest BCUT2D eigenvalue weighted by Gasteiger charge is 2.02. The van der Waals surface area contributed by atoms with Crippen molar-refractivity contribution in [3.8, 4) is 5.75 Å². The molecule has 0 aliphatic carbocycles. The second-order valence-electron chi connectivity index (χ2n) is 4.73. The third-order valence-electron chi connectivity index (χ3n) is 3.20. The van der Waals surface area contributed by atoms with Gasteiger partial charge >= 0.3 is 0 Å². The summed E-state index contributed by atoms with van der Waals surface area (Å²) in [5.74, 6) is 0.916. The van der Waals surface area contributed by atoms with Crippen LogP contribution in [0.25, 0.3) is 10.9 Å². The molecular weight excluding hydrogens is 314 g/mol. The number of ether oxygens (including phenoxy) is 1. The summed E-state index contributed by atoms with van der Waals surface area (Å²) in [6.45, 7) is 2.61. The number of nitrogens with zero attached hydrogens (tertiary/aromatic N) is 1. The predicted molar refractivity (Wildman–Crippen MR) is 85.0 cm³/mol. The number of aromatic nitrogens is 1. The molecule has 0 fully saturated rings. The van der Waals surface area contributed by atoms with E-state index in [4.69, 9.17) is 4.74 Å². The minimum Gasteiger partial charge on any atom is -0.489 e. The molecule has 0 radical (unpaired) electrons. The second-order valence-corrected chi connectivity index (χ2v) is 5.64. The van der Waals surface area contributed by atoms with Gasteiger partial charge in [0, 0.05) is 16.1 Å². The first-order valence-electron chi connectivity index (χ1n) is 6.45. The SMILES string of the molecule is Cc1cc(Br)ccc1OCc1ccc2ncccc2c1. The number of hydrogen-bond acceptors (Lipinski definition) is 2. The minimum absolute atomic E-state index is 0.563. The molecule has 3 rings (SSSR count). The van der Waals surface area contributed by atoms with Crippen molar-refractivity contribution >= 4 is 26.8 Å². The molecule has 0 spiro atoms. The highest BCUT2D eigenvalue weighted by Crippen LogP contribution is 2.23. The van der Waals surface area contributed by atoms with E-state index in [1.165, 1.54) is 0 Å². The average molecular weight is 328 g/mol. The Bertz CT molecular complexity index is 755. The van der Waals surface area contributed by atoms with Crippen molar-refractivity contribution in [1.82, 2.24) is 4.98 Å². The summed E-state index contributed by atoms with van der Waals surface area (Å²) in [7, 11) is 0. The Labute approximate surface area is 126 Å². The highest BCUT2D eigenvalue weighted by molar-refractivity contribution is 9.10. The zero-order valence-corrected chi connectivity index (χ0v) is 12.7. The van der Waals surface area contributed by atoms with E-state index in [0.29, 0.717) is 6.61 Å². The molecule has 0 unspecified atom stereocenters. The third kappa shape index (κ3) is 2.83. The summed E-state index contributed by atoms with van der Waals surface area (Å²) in [6.07, 6.45) is 1.81. The van der Waals surface area contributed by atoms with Gasteiger partial charge in [-0.1, -0.05) is 28.1 Å². The largest absolute Gasteiger partial charge is 0.489 e. The summed E-state index contributed by atoms with van der Waals surface area (Å²) in [4.78, 5) is 4.32. The van der Waals surface area contributed by atoms with Gasteiger partial charge in [0.05, 0.1) is 5.52 Å². The zero-order chi connectivity index (χ0) is 13.9. The van der Waals surface area contributed by atoms with Crippen LogP contribution in [-0.2, 0) is 6.61 Å². The third-order valence-corrected chi connectivity index (χ3v) is 3.69. The lowest BCUT2D eigenvalue weighted by Gasteiger charge is -2.10. The van der Waals surface area contributed by atoms with Gasteiger partial charge in [0.1, 0.15) is 12.4 Å². The van der Waals surface area contributed by atoms with E-state index in [9.17, 15) is 0 Å². The topological polar surface area (TPSA) is 22.1 Å². The van der Waals surface area contributed by atoms with Crippen LogP contribution in [0.15, 0.2) is 59.2 Å². The van der Waals surface area contributed by atoms with Crippen molar-refractivity contribution in [1.29, 1.82) is 0 Å². The van der Waals surface area contributed by atoms with Gasteiger partial charge in [0.15, 0.2) is 0 Å². The molecule has 3 aromatic rings. The molecule has 100 valence electrons. The number of aryl methyl sites for hydroxylation is 1. The Balaban J connectivity index is 1.79. The van der Waals surface area contributed by atoms with Gasteiger partial charge < -0.3 is 4.74 Å². The van der Waals surface area contributed by atoms with Crippen LogP contribution in [0.4, 0.5) is 0 Å². The fourth-order valence-corrected chi connectivity index (χ4v) is 2.63. The molecule has 0 aliphatic heterocycles. The fraction of sp³-hybridized carbons (Fsp3) is 0.118. The average Bonchev–Trinajstić information content (AvgIpc) is 2.46. The van der Waals surface area contributed by atoms with Gasteiger partial charge in [0.2, 0.25) is 0 Å². The highest BCUT2D eigenvalue weighted by atomic mass is 79.9. The molecule has 3 heteroatoms. The van der Waals surface area contributed by atoms with Crippen molar-refractivity contribution in [2.45, 2.75) is 13.5 Å². The van der Waals surface area contributed by atoms with Crippen LogP contribution in [0.3, 0.4) is 0 Å². The van der Waals surface area contributed by atoms with Crippen molar-refractivity contribution in [2.24, 2.45) is 0 Å². The van der Waals surface area contributed by atoms with Crippen LogP contribution in [0.5, 0.6) is 5.75 Å². The van der Waals surface area contributed by atoms with Crippen LogP contribution in [0.2, 0.25) is 0 Å². The molecule has 0 bridgehead atoms. The van der Waals surface area contributed by atoms with E-state index in [1.807, 2.05) is 37.4 Å². The van der Waals surface area contributed by atoms with Gasteiger partial charge in [0.25, 0.3) is 0 Å². The number of fused-ring (bicyclic) bond motifs is 1. The van der Waals surface area contributed by atoms with E-state index >= 15 is 0 Å². The Morgan fingerprint density at radius 3 is 2.85 bits per heavy atom. The van der Waals surface area contributed by atoms with E-state index in [-0.39, 0.29) is 0 Å². The number of hydrogen-bond donors (Lipinski definition) is 0. The fourth-order valence-electron chi connectivity index (χ4n) is 2.15. The molecule has 0 amide bonds. The molecule has 0 saturated carbocycles. The van der Waals surface area contributed by atoms with Gasteiger partial charge in [-0.2, -0.15) is 0 Å². The first kappa shape index (κ1) is 13.1. The molecule has 0 aliphatic rings. The molecule has 0 saturated heterocycles. The molecule has 0 atom stereocenters. The first-order valence-corrected chi connectivity index (χ1v) is 7.24. The van der Waals surface area contributed by atoms with Gasteiger partial charge in [-0.3, -0.25) is 4.98 Å². The Morgan fingerprint density at radius 1 is 1.10 bits per heavy atom. The predicted octanol–water partition coefficient (Wildman–Crippen LogP) is 4.88. The monoisotopic (exact) mass is 327 g/mol. The lowest BCUT2D eigenvalue weighted by molar-refractivity contribution is 0.304. The minimum atomic E-state index is 0.563. The number of halogens is 1. The van der Waals surface area contributed by atoms with E-state index < -0.39 is 0 Å². The maximum atomic E-state index is 5.89. The van der Waals surface area contributed by atoms with Gasteiger partial charge in [-0.25, -0.2) is 0 Å². The van der Waals surface area contributed by atoms with E-state index in [2.05, 4.69) is 45.2 Å². The maximum Gasteiger partial charge on any atom is 0.122 e. The van der Waals surface area contributed by atoms with E-state index in [1.54, 1.807) is 0 Å². The van der Waals surface area contributed by atoms with Crippen LogP contribution < -0.4 is 4.74 Å². The summed E-state index contributed by atoms with van der Waals surface area (Å²) >= 11 is 3.46. The lowest BCUT2D eigenvalue weighted by atomic mass is 10.1. The molecule has 1 heterocycles. The summed E-state index contributed by atoms with van der Waals surface area (Å²) in [6, 6.07) is 16.3. The van der Waals surface area contributed by atoms with Crippen molar-refractivity contribution < 1.29 is 4.74 Å². The van der Waals surface area contributed by atoms with Crippen LogP contribution >= 0.6 is 15.9 Å². The van der Waals surface area contributed by atoms with Crippen molar-refractivity contribution in [2.75, 3.05) is 0 Å². The van der Waals surface area contributed by atoms with E-state index in [0.717, 1.165) is 32.3 Å². The first-order chi connectivity index (χ1) is 9.72. The standard InChI is InChI=1S/C17H14BrNO/c1-12-9-15(18)5-7-17(12)20-11-13-4-6-16-14(10-13)3-2-8-19-16/h2-10H,11H2,1H3. The molecule has 0 N–H and O–H groups in total. The lowest BCUT2D eigenvalue weighted by Crippen LogP contribution is -1.97. The van der Waals surface area contributed by atoms with Gasteiger partial charge in [-0.15, -0.1) is 0 Å². The maximum absolute atomic E-state index is 5.89. The Morgan fingerprint density at radius 2 is 2.00 bits per heavy atom. The van der Waals surface area contributed by atoms with Crippen molar-refractivity contribution in [3.05, 3.63) is 70.3 Å². The molecule has 2 nitrogen and oxygen atoms in total. The summed E-state index contributed by atoms with van der Waals surface area (Å²) < 4.78 is 6.95. The zero-order valence-electron chi connectivity index (χ0n) is 11.1. The molecule has 2 aromatic carbocycles. The quantitative estimate of drug-likeness (QED) is 0.683. The summed E-state index contributed by atoms with van der Waals surface area (Å²) in [5, 5.41) is 1.14. The molecule has 1 aromatic heterocycles. The normalized spacial score (nSPS) is 10.7. The van der Waals surface area contributed by atoms with Crippen molar-refractivity contribution in [3.63, 3.8) is 0 Å². The number of pyridine rings is 1. The van der Waals surface area contributed by atoms with Crippen LogP contribution in [-0.4, -0.2) is 4.98 Å². The Kier molecular flexibility index (Phi) is 3.70. The van der Waals surface area contributed by atoms with Gasteiger partial charge in [-0.05, 0) is 54.4 Å². The summed E-state index contributed by atoms with van der Waals surface area (Å²) in [5.41, 5.74) is 3.28. The Hall–Kier alpha value is -1.87. The molecule has 20 heavy (non-hydrogen) atoms. The van der Waals surface area contributed by atoms with Crippen LogP contribution in [0, 0.1) is 6.92 Å². The molecular formula is C17H14BrNO. The number of benzene rings is 2. The smallest absolute Gasteiger partial charge is 0.122 e. The van der Waals surface area contributed by atoms with Crippen LogP contribution in [0.1, 0.15) is 11.1 Å². The number of rotatable bonds is 3. The second kappa shape index (κ2) is 5.63.